The lowest BCUT2D eigenvalue weighted by molar-refractivity contribution is -0.132. The fourth-order valence-corrected chi connectivity index (χ4v) is 1.44. The van der Waals surface area contributed by atoms with Crippen molar-refractivity contribution in [2.24, 2.45) is 0 Å². The first-order chi connectivity index (χ1) is 7.09. The van der Waals surface area contributed by atoms with E-state index < -0.39 is 5.97 Å². The zero-order chi connectivity index (χ0) is 11.3. The van der Waals surface area contributed by atoms with E-state index in [1.54, 1.807) is 4.90 Å². The summed E-state index contributed by atoms with van der Waals surface area (Å²) in [5, 5.41) is 8.39. The molecule has 0 aromatic rings. The largest absolute Gasteiger partial charge is 0.478 e. The van der Waals surface area contributed by atoms with Crippen LogP contribution in [-0.4, -0.2) is 47.7 Å². The summed E-state index contributed by atoms with van der Waals surface area (Å²) in [4.78, 5) is 23.4. The highest BCUT2D eigenvalue weighted by Gasteiger charge is 2.17. The molecule has 1 saturated heterocycles. The summed E-state index contributed by atoms with van der Waals surface area (Å²) in [6, 6.07) is 0. The fraction of sp³-hybridized carbons (Fsp3) is 0.600. The van der Waals surface area contributed by atoms with Crippen LogP contribution in [0, 0.1) is 0 Å². The minimum Gasteiger partial charge on any atom is -0.478 e. The summed E-state index contributed by atoms with van der Waals surface area (Å²) < 4.78 is 5.37. The Bertz CT molecular complexity index is 275. The van der Waals surface area contributed by atoms with Crippen molar-refractivity contribution >= 4 is 11.9 Å². The average Bonchev–Trinajstić information content (AvgIpc) is 2.39. The number of amides is 1. The van der Waals surface area contributed by atoms with E-state index in [9.17, 15) is 9.59 Å². The predicted octanol–water partition coefficient (Wildman–Crippen LogP) is 0.265. The van der Waals surface area contributed by atoms with Crippen molar-refractivity contribution in [2.45, 2.75) is 19.4 Å². The minimum atomic E-state index is -1.11. The lowest BCUT2D eigenvalue weighted by Crippen LogP contribution is -2.34. The Hall–Kier alpha value is -1.36. The van der Waals surface area contributed by atoms with E-state index in [1.807, 2.05) is 6.92 Å². The summed E-state index contributed by atoms with van der Waals surface area (Å²) in [6.07, 6.45) is 2.74. The predicted molar refractivity (Wildman–Crippen MR) is 53.4 cm³/mol. The van der Waals surface area contributed by atoms with Crippen LogP contribution >= 0.6 is 0 Å². The van der Waals surface area contributed by atoms with E-state index in [0.29, 0.717) is 19.7 Å². The van der Waals surface area contributed by atoms with Gasteiger partial charge in [0.15, 0.2) is 0 Å². The second-order valence-electron chi connectivity index (χ2n) is 3.49. The van der Waals surface area contributed by atoms with Crippen LogP contribution in [0.15, 0.2) is 12.2 Å². The molecule has 0 spiro atoms. The van der Waals surface area contributed by atoms with Crippen LogP contribution in [0.4, 0.5) is 0 Å². The zero-order valence-corrected chi connectivity index (χ0v) is 8.68. The smallest absolute Gasteiger partial charge is 0.328 e. The summed E-state index contributed by atoms with van der Waals surface area (Å²) >= 11 is 0. The molecule has 1 unspecified atom stereocenters. The third-order valence-electron chi connectivity index (χ3n) is 2.13. The summed E-state index contributed by atoms with van der Waals surface area (Å²) in [6.45, 7) is 3.68. The van der Waals surface area contributed by atoms with Gasteiger partial charge < -0.3 is 14.7 Å². The number of ether oxygens (including phenoxy) is 1. The first-order valence-electron chi connectivity index (χ1n) is 4.91. The minimum absolute atomic E-state index is 0.00896. The van der Waals surface area contributed by atoms with Crippen LogP contribution in [0.2, 0.25) is 0 Å². The lowest BCUT2D eigenvalue weighted by Gasteiger charge is -2.20. The number of carboxylic acids is 1. The number of carbonyl (C=O) groups excluding carboxylic acids is 1. The van der Waals surface area contributed by atoms with Gasteiger partial charge in [-0.15, -0.1) is 0 Å². The molecule has 0 saturated carbocycles. The molecule has 0 aliphatic carbocycles. The van der Waals surface area contributed by atoms with E-state index in [2.05, 4.69) is 0 Å². The van der Waals surface area contributed by atoms with Crippen molar-refractivity contribution in [3.05, 3.63) is 12.2 Å². The van der Waals surface area contributed by atoms with E-state index in [0.717, 1.165) is 18.6 Å². The van der Waals surface area contributed by atoms with Gasteiger partial charge in [0, 0.05) is 31.8 Å². The molecule has 1 aliphatic heterocycles. The molecule has 0 aromatic carbocycles. The molecule has 5 heteroatoms. The number of rotatable bonds is 2. The molecular formula is C10H15NO4. The standard InChI is InChI=1S/C10H15NO4/c1-8-7-11(5-2-6-15-8)9(12)3-4-10(13)14/h3-4,8H,2,5-7H2,1H3,(H,13,14). The van der Waals surface area contributed by atoms with Crippen LogP contribution in [0.25, 0.3) is 0 Å². The number of hydrogen-bond acceptors (Lipinski definition) is 3. The van der Waals surface area contributed by atoms with Gasteiger partial charge in [-0.3, -0.25) is 4.79 Å². The third kappa shape index (κ3) is 4.12. The summed E-state index contributed by atoms with van der Waals surface area (Å²) in [5.41, 5.74) is 0. The Morgan fingerprint density at radius 2 is 2.20 bits per heavy atom. The van der Waals surface area contributed by atoms with Gasteiger partial charge in [-0.05, 0) is 13.3 Å². The highest BCUT2D eigenvalue weighted by atomic mass is 16.5. The van der Waals surface area contributed by atoms with Crippen LogP contribution in [0.3, 0.4) is 0 Å². The van der Waals surface area contributed by atoms with Gasteiger partial charge in [-0.25, -0.2) is 4.79 Å². The molecule has 1 rings (SSSR count). The Balaban J connectivity index is 2.53. The molecule has 0 bridgehead atoms. The molecule has 1 atom stereocenters. The maximum atomic E-state index is 11.5. The van der Waals surface area contributed by atoms with Crippen LogP contribution in [0.1, 0.15) is 13.3 Å². The Morgan fingerprint density at radius 1 is 1.47 bits per heavy atom. The monoisotopic (exact) mass is 213 g/mol. The molecule has 0 aromatic heterocycles. The molecule has 15 heavy (non-hydrogen) atoms. The summed E-state index contributed by atoms with van der Waals surface area (Å²) in [7, 11) is 0. The number of aliphatic carboxylic acids is 1. The van der Waals surface area contributed by atoms with Crippen molar-refractivity contribution in [1.82, 2.24) is 4.90 Å². The van der Waals surface area contributed by atoms with Gasteiger partial charge in [-0.2, -0.15) is 0 Å². The van der Waals surface area contributed by atoms with Gasteiger partial charge >= 0.3 is 5.97 Å². The van der Waals surface area contributed by atoms with Gasteiger partial charge in [0.1, 0.15) is 0 Å². The molecule has 5 nitrogen and oxygen atoms in total. The van der Waals surface area contributed by atoms with Gasteiger partial charge in [0.2, 0.25) is 5.91 Å². The van der Waals surface area contributed by atoms with Crippen LogP contribution in [-0.2, 0) is 14.3 Å². The molecule has 1 N–H and O–H groups in total. The normalized spacial score (nSPS) is 22.7. The van der Waals surface area contributed by atoms with Crippen molar-refractivity contribution in [2.75, 3.05) is 19.7 Å². The average molecular weight is 213 g/mol. The second-order valence-corrected chi connectivity index (χ2v) is 3.49. The zero-order valence-electron chi connectivity index (χ0n) is 8.68. The van der Waals surface area contributed by atoms with Crippen molar-refractivity contribution < 1.29 is 19.4 Å². The molecule has 0 radical (unpaired) electrons. The van der Waals surface area contributed by atoms with Crippen molar-refractivity contribution in [3.63, 3.8) is 0 Å². The topological polar surface area (TPSA) is 66.8 Å². The first-order valence-corrected chi connectivity index (χ1v) is 4.91. The number of carbonyl (C=O) groups is 2. The van der Waals surface area contributed by atoms with Crippen molar-refractivity contribution in [1.29, 1.82) is 0 Å². The maximum absolute atomic E-state index is 11.5. The Labute approximate surface area is 88.3 Å². The quantitative estimate of drug-likeness (QED) is 0.668. The first kappa shape index (κ1) is 11.7. The number of nitrogens with zero attached hydrogens (tertiary/aromatic N) is 1. The molecule has 1 amide bonds. The van der Waals surface area contributed by atoms with E-state index in [1.165, 1.54) is 0 Å². The lowest BCUT2D eigenvalue weighted by atomic mass is 10.3. The van der Waals surface area contributed by atoms with E-state index in [4.69, 9.17) is 9.84 Å². The molecule has 84 valence electrons. The molecular weight excluding hydrogens is 198 g/mol. The van der Waals surface area contributed by atoms with Crippen LogP contribution in [0.5, 0.6) is 0 Å². The number of hydrogen-bond donors (Lipinski definition) is 1. The fourth-order valence-electron chi connectivity index (χ4n) is 1.44. The molecule has 1 aliphatic rings. The van der Waals surface area contributed by atoms with Gasteiger partial charge in [-0.1, -0.05) is 0 Å². The van der Waals surface area contributed by atoms with E-state index >= 15 is 0 Å². The Kier molecular flexibility index (Phi) is 4.30. The highest BCUT2D eigenvalue weighted by Crippen LogP contribution is 2.05. The SMILES string of the molecule is CC1CN(C(=O)C=CC(=O)O)CCCO1. The van der Waals surface area contributed by atoms with Crippen molar-refractivity contribution in [3.8, 4) is 0 Å². The van der Waals surface area contributed by atoms with E-state index in [-0.39, 0.29) is 12.0 Å². The second kappa shape index (κ2) is 5.50. The number of carboxylic acid groups (broad SMARTS) is 1. The van der Waals surface area contributed by atoms with Gasteiger partial charge in [0.25, 0.3) is 0 Å². The van der Waals surface area contributed by atoms with Gasteiger partial charge in [0.05, 0.1) is 6.10 Å². The van der Waals surface area contributed by atoms with Crippen LogP contribution < -0.4 is 0 Å². The molecule has 1 fully saturated rings. The third-order valence-corrected chi connectivity index (χ3v) is 2.13. The summed E-state index contributed by atoms with van der Waals surface area (Å²) in [5.74, 6) is -1.38. The molecule has 1 heterocycles. The maximum Gasteiger partial charge on any atom is 0.328 e. The highest BCUT2D eigenvalue weighted by molar-refractivity contribution is 5.93. The Morgan fingerprint density at radius 3 is 2.87 bits per heavy atom.